The number of rotatable bonds is 8. The van der Waals surface area contributed by atoms with E-state index in [0.29, 0.717) is 38.6 Å². The Balaban J connectivity index is 1.33. The van der Waals surface area contributed by atoms with Gasteiger partial charge in [0.05, 0.1) is 51.8 Å². The lowest BCUT2D eigenvalue weighted by Gasteiger charge is -2.31. The Morgan fingerprint density at radius 1 is 0.722 bits per heavy atom. The molecule has 4 unspecified atom stereocenters. The minimum absolute atomic E-state index is 0.376. The van der Waals surface area contributed by atoms with Crippen LogP contribution in [0.4, 0.5) is 0 Å². The Kier molecular flexibility index (Phi) is 4.45. The van der Waals surface area contributed by atoms with Crippen LogP contribution in [-0.2, 0) is 28.4 Å². The molecular formula is C12H20O6. The number of hydrogen-bond donors (Lipinski definition) is 0. The summed E-state index contributed by atoms with van der Waals surface area (Å²) in [5, 5.41) is 0. The van der Waals surface area contributed by atoms with Crippen LogP contribution in [0.2, 0.25) is 0 Å². The molecule has 0 N–H and O–H groups in total. The predicted octanol–water partition coefficient (Wildman–Crippen LogP) is 0.296. The van der Waals surface area contributed by atoms with E-state index < -0.39 is 12.6 Å². The van der Waals surface area contributed by atoms with Gasteiger partial charge in [-0.25, -0.2) is 0 Å². The molecule has 0 amide bonds. The van der Waals surface area contributed by atoms with E-state index in [9.17, 15) is 0 Å². The number of epoxide rings is 2. The third kappa shape index (κ3) is 4.15. The van der Waals surface area contributed by atoms with Crippen LogP contribution in [0.5, 0.6) is 0 Å². The SMILES string of the molecule is C1COC(OCCC2CO2)C(OCCC2CO2)O1. The average Bonchev–Trinajstić information content (AvgIpc) is 3.25. The van der Waals surface area contributed by atoms with Gasteiger partial charge in [0.15, 0.2) is 0 Å². The highest BCUT2D eigenvalue weighted by Gasteiger charge is 2.31. The van der Waals surface area contributed by atoms with E-state index in [1.54, 1.807) is 0 Å². The van der Waals surface area contributed by atoms with E-state index in [2.05, 4.69) is 0 Å². The highest BCUT2D eigenvalue weighted by Crippen LogP contribution is 2.19. The van der Waals surface area contributed by atoms with Crippen LogP contribution >= 0.6 is 0 Å². The van der Waals surface area contributed by atoms with Crippen molar-refractivity contribution in [3.8, 4) is 0 Å². The van der Waals surface area contributed by atoms with Crippen LogP contribution in [-0.4, -0.2) is 64.4 Å². The molecule has 3 rings (SSSR count). The maximum atomic E-state index is 5.64. The van der Waals surface area contributed by atoms with Crippen LogP contribution in [0.15, 0.2) is 0 Å². The van der Waals surface area contributed by atoms with Crippen LogP contribution in [0.3, 0.4) is 0 Å². The molecule has 0 radical (unpaired) electrons. The Labute approximate surface area is 106 Å². The van der Waals surface area contributed by atoms with Crippen molar-refractivity contribution in [2.24, 2.45) is 0 Å². The van der Waals surface area contributed by atoms with Crippen molar-refractivity contribution in [3.05, 3.63) is 0 Å². The van der Waals surface area contributed by atoms with Crippen molar-refractivity contribution in [3.63, 3.8) is 0 Å². The average molecular weight is 260 g/mol. The van der Waals surface area contributed by atoms with E-state index in [0.717, 1.165) is 26.1 Å². The predicted molar refractivity (Wildman–Crippen MR) is 60.1 cm³/mol. The maximum absolute atomic E-state index is 5.64. The highest BCUT2D eigenvalue weighted by molar-refractivity contribution is 4.70. The fraction of sp³-hybridized carbons (Fsp3) is 1.00. The second kappa shape index (κ2) is 6.27. The maximum Gasteiger partial charge on any atom is 0.209 e. The number of ether oxygens (including phenoxy) is 6. The first-order valence-corrected chi connectivity index (χ1v) is 6.61. The summed E-state index contributed by atoms with van der Waals surface area (Å²) in [7, 11) is 0. The largest absolute Gasteiger partial charge is 0.373 e. The van der Waals surface area contributed by atoms with E-state index in [4.69, 9.17) is 28.4 Å². The molecule has 6 nitrogen and oxygen atoms in total. The molecule has 4 atom stereocenters. The van der Waals surface area contributed by atoms with Gasteiger partial charge in [-0.15, -0.1) is 0 Å². The normalized spacial score (nSPS) is 38.7. The summed E-state index contributed by atoms with van der Waals surface area (Å²) in [6.45, 7) is 4.04. The van der Waals surface area contributed by atoms with Gasteiger partial charge in [0.25, 0.3) is 0 Å². The van der Waals surface area contributed by atoms with Crippen molar-refractivity contribution in [2.75, 3.05) is 39.6 Å². The van der Waals surface area contributed by atoms with Crippen LogP contribution in [0, 0.1) is 0 Å². The van der Waals surface area contributed by atoms with Gasteiger partial charge in [-0.3, -0.25) is 0 Å². The zero-order valence-corrected chi connectivity index (χ0v) is 10.4. The van der Waals surface area contributed by atoms with E-state index in [1.807, 2.05) is 0 Å². The molecule has 0 spiro atoms. The third-order valence-corrected chi connectivity index (χ3v) is 3.12. The van der Waals surface area contributed by atoms with Crippen molar-refractivity contribution in [2.45, 2.75) is 37.6 Å². The van der Waals surface area contributed by atoms with Gasteiger partial charge in [-0.05, 0) is 12.8 Å². The van der Waals surface area contributed by atoms with Gasteiger partial charge in [0.2, 0.25) is 12.6 Å². The zero-order valence-electron chi connectivity index (χ0n) is 10.4. The Bertz CT molecular complexity index is 227. The van der Waals surface area contributed by atoms with Crippen LogP contribution < -0.4 is 0 Å². The summed E-state index contributed by atoms with van der Waals surface area (Å²) in [5.41, 5.74) is 0. The quantitative estimate of drug-likeness (QED) is 0.585. The Hall–Kier alpha value is -0.240. The van der Waals surface area contributed by atoms with Crippen molar-refractivity contribution in [1.29, 1.82) is 0 Å². The molecule has 0 aliphatic carbocycles. The molecule has 0 aromatic heterocycles. The molecule has 3 saturated heterocycles. The molecule has 3 fully saturated rings. The molecule has 0 saturated carbocycles. The first-order valence-electron chi connectivity index (χ1n) is 6.61. The van der Waals surface area contributed by atoms with Gasteiger partial charge in [-0.1, -0.05) is 0 Å². The lowest BCUT2D eigenvalue weighted by atomic mass is 10.3. The lowest BCUT2D eigenvalue weighted by molar-refractivity contribution is -0.320. The topological polar surface area (TPSA) is 62.0 Å². The zero-order chi connectivity index (χ0) is 12.2. The van der Waals surface area contributed by atoms with Crippen LogP contribution in [0.25, 0.3) is 0 Å². The molecule has 3 heterocycles. The summed E-state index contributed by atoms with van der Waals surface area (Å²) < 4.78 is 32.6. The van der Waals surface area contributed by atoms with Crippen molar-refractivity contribution >= 4 is 0 Å². The fourth-order valence-corrected chi connectivity index (χ4v) is 1.84. The summed E-state index contributed by atoms with van der Waals surface area (Å²) in [4.78, 5) is 0. The summed E-state index contributed by atoms with van der Waals surface area (Å²) in [6.07, 6.45) is 1.72. The molecule has 3 aliphatic rings. The Morgan fingerprint density at radius 2 is 1.17 bits per heavy atom. The van der Waals surface area contributed by atoms with Gasteiger partial charge in [0.1, 0.15) is 0 Å². The molecule has 6 heteroatoms. The minimum atomic E-state index is -0.419. The molecule has 0 aromatic carbocycles. The first kappa shape index (κ1) is 12.8. The monoisotopic (exact) mass is 260 g/mol. The van der Waals surface area contributed by atoms with Gasteiger partial charge >= 0.3 is 0 Å². The van der Waals surface area contributed by atoms with E-state index >= 15 is 0 Å². The van der Waals surface area contributed by atoms with Gasteiger partial charge < -0.3 is 28.4 Å². The lowest BCUT2D eigenvalue weighted by Crippen LogP contribution is -2.42. The summed E-state index contributed by atoms with van der Waals surface area (Å²) in [5.74, 6) is 0. The van der Waals surface area contributed by atoms with Crippen LogP contribution in [0.1, 0.15) is 12.8 Å². The molecule has 18 heavy (non-hydrogen) atoms. The highest BCUT2D eigenvalue weighted by atomic mass is 16.8. The Morgan fingerprint density at radius 3 is 1.56 bits per heavy atom. The first-order chi connectivity index (χ1) is 8.92. The van der Waals surface area contributed by atoms with Crippen molar-refractivity contribution < 1.29 is 28.4 Å². The van der Waals surface area contributed by atoms with E-state index in [1.165, 1.54) is 0 Å². The molecular weight excluding hydrogens is 240 g/mol. The second-order valence-electron chi connectivity index (χ2n) is 4.71. The number of hydrogen-bond acceptors (Lipinski definition) is 6. The van der Waals surface area contributed by atoms with Gasteiger partial charge in [-0.2, -0.15) is 0 Å². The molecule has 0 bridgehead atoms. The standard InChI is InChI=1S/C12H20O6/c1(9-7-17-9)3-13-11-12(16-6-5-15-11)14-4-2-10-8-18-10/h9-12H,1-8H2. The van der Waals surface area contributed by atoms with E-state index in [-0.39, 0.29) is 0 Å². The summed E-state index contributed by atoms with van der Waals surface area (Å²) in [6, 6.07) is 0. The summed E-state index contributed by atoms with van der Waals surface area (Å²) >= 11 is 0. The van der Waals surface area contributed by atoms with Crippen molar-refractivity contribution in [1.82, 2.24) is 0 Å². The van der Waals surface area contributed by atoms with Gasteiger partial charge in [0, 0.05) is 0 Å². The molecule has 104 valence electrons. The smallest absolute Gasteiger partial charge is 0.209 e. The third-order valence-electron chi connectivity index (χ3n) is 3.12. The fourth-order valence-electron chi connectivity index (χ4n) is 1.84. The molecule has 3 aliphatic heterocycles. The molecule has 0 aromatic rings. The second-order valence-corrected chi connectivity index (χ2v) is 4.71. The minimum Gasteiger partial charge on any atom is -0.373 e.